The van der Waals surface area contributed by atoms with Crippen molar-refractivity contribution in [3.05, 3.63) is 41.7 Å². The fraction of sp³-hybridized carbons (Fsp3) is 0.412. The van der Waals surface area contributed by atoms with Gasteiger partial charge in [-0.3, -0.25) is 4.79 Å². The number of fused-ring (bicyclic) bond motifs is 1. The van der Waals surface area contributed by atoms with Crippen LogP contribution in [-0.2, 0) is 17.8 Å². The lowest BCUT2D eigenvalue weighted by Crippen LogP contribution is -2.14. The summed E-state index contributed by atoms with van der Waals surface area (Å²) in [6.07, 6.45) is 2.79. The van der Waals surface area contributed by atoms with Crippen molar-refractivity contribution in [1.82, 2.24) is 35.0 Å². The zero-order valence-corrected chi connectivity index (χ0v) is 14.9. The summed E-state index contributed by atoms with van der Waals surface area (Å²) < 4.78 is 9.01. The number of para-hydroxylation sites is 2. The summed E-state index contributed by atoms with van der Waals surface area (Å²) in [5, 5.41) is 16.7. The molecule has 0 bridgehead atoms. The summed E-state index contributed by atoms with van der Waals surface area (Å²) in [6, 6.07) is 7.53. The number of nitrogens with zero attached hydrogens (tertiary/aromatic N) is 7. The zero-order chi connectivity index (χ0) is 18.8. The molecule has 1 aliphatic heterocycles. The minimum Gasteiger partial charge on any atom is -0.494 e. The van der Waals surface area contributed by atoms with Crippen molar-refractivity contribution in [2.75, 3.05) is 7.11 Å². The Balaban J connectivity index is 1.87. The van der Waals surface area contributed by atoms with Crippen LogP contribution >= 0.6 is 0 Å². The smallest absolute Gasteiger partial charge is 0.225 e. The third kappa shape index (κ3) is 3.25. The maximum atomic E-state index is 11.4. The van der Waals surface area contributed by atoms with Crippen LogP contribution in [0.1, 0.15) is 42.7 Å². The summed E-state index contributed by atoms with van der Waals surface area (Å²) in [5.74, 6) is 1.83. The van der Waals surface area contributed by atoms with Gasteiger partial charge in [-0.1, -0.05) is 18.6 Å². The number of amides is 1. The molecule has 0 aliphatic carbocycles. The predicted octanol–water partition coefficient (Wildman–Crippen LogP) is 0.606. The van der Waals surface area contributed by atoms with Gasteiger partial charge in [-0.15, -0.1) is 5.10 Å². The monoisotopic (exact) mass is 368 g/mol. The highest BCUT2D eigenvalue weighted by Gasteiger charge is 2.30. The lowest BCUT2D eigenvalue weighted by atomic mass is 10.0. The Morgan fingerprint density at radius 2 is 2.15 bits per heavy atom. The molecule has 1 aromatic carbocycles. The van der Waals surface area contributed by atoms with E-state index in [2.05, 4.69) is 25.6 Å². The van der Waals surface area contributed by atoms with Crippen LogP contribution in [-0.4, -0.2) is 48.0 Å². The van der Waals surface area contributed by atoms with E-state index in [0.717, 1.165) is 37.3 Å². The van der Waals surface area contributed by atoms with E-state index in [4.69, 9.17) is 10.5 Å². The van der Waals surface area contributed by atoms with E-state index in [0.29, 0.717) is 17.4 Å². The van der Waals surface area contributed by atoms with Gasteiger partial charge in [0.05, 0.1) is 19.4 Å². The number of tetrazole rings is 1. The van der Waals surface area contributed by atoms with Gasteiger partial charge in [-0.2, -0.15) is 5.10 Å². The Morgan fingerprint density at radius 3 is 2.96 bits per heavy atom. The molecule has 2 aromatic heterocycles. The van der Waals surface area contributed by atoms with Crippen molar-refractivity contribution in [1.29, 1.82) is 0 Å². The van der Waals surface area contributed by atoms with Crippen molar-refractivity contribution in [2.45, 2.75) is 38.1 Å². The molecule has 0 saturated carbocycles. The number of hydrogen-bond donors (Lipinski definition) is 1. The predicted molar refractivity (Wildman–Crippen MR) is 94.3 cm³/mol. The lowest BCUT2D eigenvalue weighted by Gasteiger charge is -2.15. The number of ether oxygens (including phenoxy) is 1. The van der Waals surface area contributed by atoms with Gasteiger partial charge in [0.1, 0.15) is 17.3 Å². The molecule has 0 spiro atoms. The van der Waals surface area contributed by atoms with Crippen LogP contribution in [0.25, 0.3) is 5.69 Å². The van der Waals surface area contributed by atoms with E-state index < -0.39 is 5.91 Å². The molecule has 0 radical (unpaired) electrons. The van der Waals surface area contributed by atoms with Gasteiger partial charge in [0.2, 0.25) is 5.91 Å². The normalized spacial score (nSPS) is 16.6. The highest BCUT2D eigenvalue weighted by atomic mass is 16.5. The Labute approximate surface area is 155 Å². The molecule has 0 fully saturated rings. The number of nitrogens with two attached hydrogens (primary N) is 1. The summed E-state index contributed by atoms with van der Waals surface area (Å²) >= 11 is 0. The molecule has 10 nitrogen and oxygen atoms in total. The molecular weight excluding hydrogens is 348 g/mol. The number of primary amides is 1. The molecule has 1 amide bonds. The molecule has 0 unspecified atom stereocenters. The molecule has 10 heteroatoms. The zero-order valence-electron chi connectivity index (χ0n) is 14.9. The van der Waals surface area contributed by atoms with E-state index in [1.54, 1.807) is 11.8 Å². The average molecular weight is 368 g/mol. The molecule has 4 rings (SSSR count). The van der Waals surface area contributed by atoms with E-state index in [-0.39, 0.29) is 12.3 Å². The summed E-state index contributed by atoms with van der Waals surface area (Å²) in [6.45, 7) is 0.774. The van der Waals surface area contributed by atoms with E-state index in [1.165, 1.54) is 0 Å². The third-order valence-corrected chi connectivity index (χ3v) is 4.62. The summed E-state index contributed by atoms with van der Waals surface area (Å²) in [7, 11) is 1.60. The highest BCUT2D eigenvalue weighted by molar-refractivity contribution is 5.75. The topological polar surface area (TPSA) is 127 Å². The van der Waals surface area contributed by atoms with Gasteiger partial charge in [0.15, 0.2) is 11.6 Å². The Bertz CT molecular complexity index is 964. The second-order valence-corrected chi connectivity index (χ2v) is 6.42. The Kier molecular flexibility index (Phi) is 4.53. The van der Waals surface area contributed by atoms with E-state index in [9.17, 15) is 4.79 Å². The van der Waals surface area contributed by atoms with Crippen LogP contribution in [0.4, 0.5) is 0 Å². The molecule has 3 aromatic rings. The third-order valence-electron chi connectivity index (χ3n) is 4.62. The van der Waals surface area contributed by atoms with Crippen LogP contribution in [0.15, 0.2) is 24.3 Å². The largest absolute Gasteiger partial charge is 0.494 e. The molecule has 3 heterocycles. The first-order valence-electron chi connectivity index (χ1n) is 8.81. The second-order valence-electron chi connectivity index (χ2n) is 6.42. The molecule has 1 aliphatic rings. The van der Waals surface area contributed by atoms with Crippen LogP contribution in [0.3, 0.4) is 0 Å². The highest BCUT2D eigenvalue weighted by Crippen LogP contribution is 2.33. The Morgan fingerprint density at radius 1 is 1.30 bits per heavy atom. The van der Waals surface area contributed by atoms with Gasteiger partial charge in [-0.05, 0) is 35.4 Å². The second kappa shape index (κ2) is 7.14. The first-order valence-corrected chi connectivity index (χ1v) is 8.81. The van der Waals surface area contributed by atoms with Gasteiger partial charge in [-0.25, -0.2) is 14.3 Å². The number of rotatable bonds is 5. The molecule has 140 valence electrons. The van der Waals surface area contributed by atoms with E-state index >= 15 is 0 Å². The maximum absolute atomic E-state index is 11.4. The first kappa shape index (κ1) is 17.1. The van der Waals surface area contributed by atoms with E-state index in [1.807, 2.05) is 28.9 Å². The Hall–Kier alpha value is -3.30. The van der Waals surface area contributed by atoms with Gasteiger partial charge >= 0.3 is 0 Å². The fourth-order valence-electron chi connectivity index (χ4n) is 3.41. The fourth-order valence-corrected chi connectivity index (χ4v) is 3.41. The molecule has 0 saturated heterocycles. The number of carbonyl (C=O) groups is 1. The van der Waals surface area contributed by atoms with Gasteiger partial charge < -0.3 is 10.5 Å². The lowest BCUT2D eigenvalue weighted by molar-refractivity contribution is -0.117. The standard InChI is InChI=1S/C17H20N8O2/c1-27-13-8-3-2-7-12(13)25-16(19-15(21-25)10-14(18)26)11-6-4-5-9-24-17(11)20-22-23-24/h2-3,7-8,11H,4-6,9-10H2,1H3,(H2,18,26)/t11-/m0/s1. The number of benzene rings is 1. The van der Waals surface area contributed by atoms with Gasteiger partial charge in [0, 0.05) is 6.54 Å². The average Bonchev–Trinajstić information content (AvgIpc) is 3.24. The number of hydrogen-bond acceptors (Lipinski definition) is 7. The minimum atomic E-state index is -0.482. The van der Waals surface area contributed by atoms with Crippen molar-refractivity contribution >= 4 is 5.91 Å². The van der Waals surface area contributed by atoms with Crippen molar-refractivity contribution in [3.63, 3.8) is 0 Å². The molecular formula is C17H20N8O2. The van der Waals surface area contributed by atoms with Crippen molar-refractivity contribution in [2.24, 2.45) is 5.73 Å². The number of methoxy groups -OCH3 is 1. The number of aryl methyl sites for hydroxylation is 1. The van der Waals surface area contributed by atoms with Crippen molar-refractivity contribution in [3.8, 4) is 11.4 Å². The van der Waals surface area contributed by atoms with Gasteiger partial charge in [0.25, 0.3) is 0 Å². The number of aromatic nitrogens is 7. The summed E-state index contributed by atoms with van der Waals surface area (Å²) in [4.78, 5) is 16.0. The first-order chi connectivity index (χ1) is 13.2. The maximum Gasteiger partial charge on any atom is 0.225 e. The molecule has 27 heavy (non-hydrogen) atoms. The summed E-state index contributed by atoms with van der Waals surface area (Å²) in [5.41, 5.74) is 6.09. The minimum absolute atomic E-state index is 0.0349. The van der Waals surface area contributed by atoms with Crippen LogP contribution in [0.2, 0.25) is 0 Å². The van der Waals surface area contributed by atoms with Crippen LogP contribution < -0.4 is 10.5 Å². The molecule has 1 atom stereocenters. The van der Waals surface area contributed by atoms with Crippen molar-refractivity contribution < 1.29 is 9.53 Å². The SMILES string of the molecule is COc1ccccc1-n1nc(CC(N)=O)nc1[C@@H]1CCCCn2nnnc21. The van der Waals surface area contributed by atoms with Crippen LogP contribution in [0.5, 0.6) is 5.75 Å². The van der Waals surface area contributed by atoms with Crippen LogP contribution in [0, 0.1) is 0 Å². The number of carbonyl (C=O) groups excluding carboxylic acids is 1. The quantitative estimate of drug-likeness (QED) is 0.699. The molecule has 2 N–H and O–H groups in total.